The van der Waals surface area contributed by atoms with E-state index >= 15 is 0 Å². The highest BCUT2D eigenvalue weighted by molar-refractivity contribution is 5.76. The third-order valence-corrected chi connectivity index (χ3v) is 5.62. The number of ether oxygens (including phenoxy) is 1. The third-order valence-electron chi connectivity index (χ3n) is 5.62. The average Bonchev–Trinajstić information content (AvgIpc) is 3.27. The molecule has 0 bridgehead atoms. The molecule has 5 nitrogen and oxygen atoms in total. The number of hydrogen-bond donors (Lipinski definition) is 0. The Morgan fingerprint density at radius 2 is 1.77 bits per heavy atom. The van der Waals surface area contributed by atoms with Crippen LogP contribution in [0.4, 0.5) is 5.69 Å². The molecule has 0 saturated carbocycles. The minimum atomic E-state index is 0.196. The Hall–Kier alpha value is -3.21. The molecule has 1 aromatic heterocycles. The molecule has 0 N–H and O–H groups in total. The molecule has 0 spiro atoms. The molecule has 1 fully saturated rings. The Kier molecular flexibility index (Phi) is 6.07. The van der Waals surface area contributed by atoms with Gasteiger partial charge in [-0.3, -0.25) is 4.79 Å². The lowest BCUT2D eigenvalue weighted by Crippen LogP contribution is -2.48. The molecule has 5 heteroatoms. The van der Waals surface area contributed by atoms with Crippen LogP contribution in [0.2, 0.25) is 0 Å². The normalized spacial score (nSPS) is 14.1. The van der Waals surface area contributed by atoms with Crippen molar-refractivity contribution in [2.75, 3.05) is 38.2 Å². The summed E-state index contributed by atoms with van der Waals surface area (Å²) in [6.07, 6.45) is 1.09. The van der Waals surface area contributed by atoms with Crippen LogP contribution < -0.4 is 9.64 Å². The van der Waals surface area contributed by atoms with E-state index in [0.717, 1.165) is 49.0 Å². The zero-order chi connectivity index (χ0) is 20.9. The summed E-state index contributed by atoms with van der Waals surface area (Å²) in [5, 5.41) is 0. The fraction of sp³-hybridized carbons (Fsp3) is 0.320. The maximum Gasteiger partial charge on any atom is 0.223 e. The largest absolute Gasteiger partial charge is 0.497 e. The summed E-state index contributed by atoms with van der Waals surface area (Å²) in [6.45, 7) is 5.39. The molecule has 1 aliphatic rings. The number of furan rings is 1. The second-order valence-corrected chi connectivity index (χ2v) is 7.70. The quantitative estimate of drug-likeness (QED) is 0.605. The van der Waals surface area contributed by atoms with Crippen molar-refractivity contribution in [1.29, 1.82) is 0 Å². The van der Waals surface area contributed by atoms with Gasteiger partial charge in [0.05, 0.1) is 7.11 Å². The van der Waals surface area contributed by atoms with Gasteiger partial charge in [0, 0.05) is 50.3 Å². The van der Waals surface area contributed by atoms with Crippen LogP contribution in [0.1, 0.15) is 17.7 Å². The standard InChI is InChI=1S/C25H28N2O3/c1-19-4-3-5-21(18-19)26-14-16-27(17-15-26)25(28)13-11-23-10-12-24(30-23)20-6-8-22(29-2)9-7-20/h3-10,12,18H,11,13-17H2,1-2H3. The van der Waals surface area contributed by atoms with Crippen molar-refractivity contribution in [1.82, 2.24) is 4.90 Å². The number of nitrogens with zero attached hydrogens (tertiary/aromatic N) is 2. The number of benzene rings is 2. The van der Waals surface area contributed by atoms with E-state index in [2.05, 4.69) is 36.1 Å². The van der Waals surface area contributed by atoms with E-state index in [1.165, 1.54) is 11.3 Å². The number of carbonyl (C=O) groups is 1. The first-order valence-electron chi connectivity index (χ1n) is 10.4. The topological polar surface area (TPSA) is 45.9 Å². The number of carbonyl (C=O) groups excluding carboxylic acids is 1. The Labute approximate surface area is 177 Å². The molecule has 0 atom stereocenters. The zero-order valence-corrected chi connectivity index (χ0v) is 17.6. The van der Waals surface area contributed by atoms with Gasteiger partial charge in [0.15, 0.2) is 0 Å². The summed E-state index contributed by atoms with van der Waals surface area (Å²) >= 11 is 0. The molecule has 0 aliphatic carbocycles. The molecule has 3 aromatic rings. The van der Waals surface area contributed by atoms with Gasteiger partial charge in [0.25, 0.3) is 0 Å². The van der Waals surface area contributed by atoms with Gasteiger partial charge < -0.3 is 19.0 Å². The second-order valence-electron chi connectivity index (χ2n) is 7.70. The lowest BCUT2D eigenvalue weighted by Gasteiger charge is -2.36. The van der Waals surface area contributed by atoms with Gasteiger partial charge in [0.1, 0.15) is 17.3 Å². The number of methoxy groups -OCH3 is 1. The Bertz CT molecular complexity index is 986. The van der Waals surface area contributed by atoms with Crippen LogP contribution in [0.3, 0.4) is 0 Å². The summed E-state index contributed by atoms with van der Waals surface area (Å²) < 4.78 is 11.1. The molecule has 4 rings (SSSR count). The van der Waals surface area contributed by atoms with Crippen LogP contribution in [0.25, 0.3) is 11.3 Å². The SMILES string of the molecule is COc1ccc(-c2ccc(CCC(=O)N3CCN(c4cccc(C)c4)CC3)o2)cc1. The van der Waals surface area contributed by atoms with Crippen molar-refractivity contribution in [2.45, 2.75) is 19.8 Å². The van der Waals surface area contributed by atoms with Crippen LogP contribution in [-0.4, -0.2) is 44.1 Å². The maximum atomic E-state index is 12.7. The molecule has 2 aromatic carbocycles. The monoisotopic (exact) mass is 404 g/mol. The molecule has 1 saturated heterocycles. The minimum absolute atomic E-state index is 0.196. The van der Waals surface area contributed by atoms with Crippen LogP contribution in [-0.2, 0) is 11.2 Å². The summed E-state index contributed by atoms with van der Waals surface area (Å²) in [5.74, 6) is 2.67. The van der Waals surface area contributed by atoms with Gasteiger partial charge in [-0.05, 0) is 61.0 Å². The zero-order valence-electron chi connectivity index (χ0n) is 17.6. The Balaban J connectivity index is 1.27. The van der Waals surface area contributed by atoms with Crippen LogP contribution in [0, 0.1) is 6.92 Å². The molecule has 1 amide bonds. The van der Waals surface area contributed by atoms with Gasteiger partial charge in [-0.25, -0.2) is 0 Å². The highest BCUT2D eigenvalue weighted by Crippen LogP contribution is 2.25. The van der Waals surface area contributed by atoms with Crippen molar-refractivity contribution in [3.05, 3.63) is 72.0 Å². The van der Waals surface area contributed by atoms with Gasteiger partial charge in [0.2, 0.25) is 5.91 Å². The predicted octanol–water partition coefficient (Wildman–Crippen LogP) is 4.55. The number of amides is 1. The fourth-order valence-electron chi connectivity index (χ4n) is 3.85. The molecule has 1 aliphatic heterocycles. The first kappa shape index (κ1) is 20.1. The summed E-state index contributed by atoms with van der Waals surface area (Å²) in [6, 6.07) is 20.2. The van der Waals surface area contributed by atoms with E-state index in [9.17, 15) is 4.79 Å². The highest BCUT2D eigenvalue weighted by atomic mass is 16.5. The van der Waals surface area contributed by atoms with Crippen LogP contribution >= 0.6 is 0 Å². The average molecular weight is 405 g/mol. The molecule has 30 heavy (non-hydrogen) atoms. The highest BCUT2D eigenvalue weighted by Gasteiger charge is 2.21. The summed E-state index contributed by atoms with van der Waals surface area (Å²) in [4.78, 5) is 17.0. The van der Waals surface area contributed by atoms with Crippen molar-refractivity contribution in [2.24, 2.45) is 0 Å². The smallest absolute Gasteiger partial charge is 0.223 e. The van der Waals surface area contributed by atoms with Gasteiger partial charge in [-0.15, -0.1) is 0 Å². The Morgan fingerprint density at radius 1 is 1.00 bits per heavy atom. The van der Waals surface area contributed by atoms with E-state index in [-0.39, 0.29) is 5.91 Å². The number of aryl methyl sites for hydroxylation is 2. The van der Waals surface area contributed by atoms with Gasteiger partial charge in [-0.2, -0.15) is 0 Å². The Morgan fingerprint density at radius 3 is 2.47 bits per heavy atom. The molecule has 2 heterocycles. The molecule has 0 unspecified atom stereocenters. The number of anilines is 1. The molecule has 156 valence electrons. The number of rotatable bonds is 6. The lowest BCUT2D eigenvalue weighted by atomic mass is 10.1. The van der Waals surface area contributed by atoms with E-state index < -0.39 is 0 Å². The maximum absolute atomic E-state index is 12.7. The fourth-order valence-corrected chi connectivity index (χ4v) is 3.85. The van der Waals surface area contributed by atoms with E-state index in [0.29, 0.717) is 12.8 Å². The molecule has 0 radical (unpaired) electrons. The van der Waals surface area contributed by atoms with Crippen molar-refractivity contribution < 1.29 is 13.9 Å². The first-order chi connectivity index (χ1) is 14.6. The number of hydrogen-bond acceptors (Lipinski definition) is 4. The van der Waals surface area contributed by atoms with Crippen LogP contribution in [0.5, 0.6) is 5.75 Å². The molecular formula is C25H28N2O3. The molecular weight excluding hydrogens is 376 g/mol. The summed E-state index contributed by atoms with van der Waals surface area (Å²) in [5.41, 5.74) is 3.50. The summed E-state index contributed by atoms with van der Waals surface area (Å²) in [7, 11) is 1.65. The van der Waals surface area contributed by atoms with Gasteiger partial charge in [-0.1, -0.05) is 12.1 Å². The minimum Gasteiger partial charge on any atom is -0.497 e. The van der Waals surface area contributed by atoms with Crippen molar-refractivity contribution >= 4 is 11.6 Å². The van der Waals surface area contributed by atoms with E-state index in [4.69, 9.17) is 9.15 Å². The lowest BCUT2D eigenvalue weighted by molar-refractivity contribution is -0.131. The second kappa shape index (κ2) is 9.08. The van der Waals surface area contributed by atoms with Gasteiger partial charge >= 0.3 is 0 Å². The van der Waals surface area contributed by atoms with Crippen molar-refractivity contribution in [3.63, 3.8) is 0 Å². The van der Waals surface area contributed by atoms with Crippen LogP contribution in [0.15, 0.2) is 65.1 Å². The predicted molar refractivity (Wildman–Crippen MR) is 119 cm³/mol. The van der Waals surface area contributed by atoms with Crippen molar-refractivity contribution in [3.8, 4) is 17.1 Å². The third kappa shape index (κ3) is 4.67. The van der Waals surface area contributed by atoms with E-state index in [1.54, 1.807) is 7.11 Å². The van der Waals surface area contributed by atoms with E-state index in [1.807, 2.05) is 41.3 Å². The number of piperazine rings is 1. The first-order valence-corrected chi connectivity index (χ1v) is 10.4.